The van der Waals surface area contributed by atoms with Crippen LogP contribution in [0, 0.1) is 5.92 Å². The molecule has 0 aliphatic carbocycles. The number of nitrogens with one attached hydrogen (secondary N) is 1. The van der Waals surface area contributed by atoms with E-state index in [0.29, 0.717) is 11.9 Å². The number of nitrogens with two attached hydrogens (primary N) is 1. The van der Waals surface area contributed by atoms with Gasteiger partial charge in [-0.2, -0.15) is 0 Å². The molecule has 3 rings (SSSR count). The zero-order chi connectivity index (χ0) is 19.2. The first-order valence-corrected chi connectivity index (χ1v) is 10.1. The Kier molecular flexibility index (Phi) is 6.61. The van der Waals surface area contributed by atoms with E-state index in [1.165, 1.54) is 5.69 Å². The molecule has 0 radical (unpaired) electrons. The van der Waals surface area contributed by atoms with Gasteiger partial charge in [0, 0.05) is 35.5 Å². The van der Waals surface area contributed by atoms with Crippen molar-refractivity contribution < 1.29 is 4.74 Å². The van der Waals surface area contributed by atoms with E-state index in [2.05, 4.69) is 55.4 Å². The Morgan fingerprint density at radius 1 is 1.30 bits per heavy atom. The molecule has 0 saturated carbocycles. The first-order valence-electron chi connectivity index (χ1n) is 9.34. The number of anilines is 2. The lowest BCUT2D eigenvalue weighted by atomic mass is 10.1. The number of hydrogen-bond acceptors (Lipinski definition) is 3. The summed E-state index contributed by atoms with van der Waals surface area (Å²) in [5.74, 6) is 1.82. The highest BCUT2D eigenvalue weighted by atomic mass is 79.9. The third-order valence-electron chi connectivity index (χ3n) is 4.48. The summed E-state index contributed by atoms with van der Waals surface area (Å²) in [6.07, 6.45) is 1.29. The van der Waals surface area contributed by atoms with Crippen molar-refractivity contribution >= 4 is 33.3 Å². The van der Waals surface area contributed by atoms with Crippen LogP contribution in [0.2, 0.25) is 0 Å². The van der Waals surface area contributed by atoms with Crippen LogP contribution in [0.1, 0.15) is 20.3 Å². The summed E-state index contributed by atoms with van der Waals surface area (Å²) in [6, 6.07) is 16.2. The predicted octanol–water partition coefficient (Wildman–Crippen LogP) is 4.49. The van der Waals surface area contributed by atoms with E-state index >= 15 is 0 Å². The topological polar surface area (TPSA) is 62.9 Å². The van der Waals surface area contributed by atoms with Gasteiger partial charge in [0.1, 0.15) is 5.75 Å². The van der Waals surface area contributed by atoms with Crippen molar-refractivity contribution in [3.8, 4) is 5.75 Å². The number of aliphatic imine (C=N–C) groups is 1. The molecule has 27 heavy (non-hydrogen) atoms. The van der Waals surface area contributed by atoms with Crippen LogP contribution >= 0.6 is 15.9 Å². The lowest BCUT2D eigenvalue weighted by Gasteiger charge is -2.18. The third kappa shape index (κ3) is 5.89. The van der Waals surface area contributed by atoms with Crippen LogP contribution in [-0.4, -0.2) is 31.7 Å². The van der Waals surface area contributed by atoms with E-state index in [0.717, 1.165) is 42.0 Å². The maximum absolute atomic E-state index is 6.06. The minimum absolute atomic E-state index is 0.165. The largest absolute Gasteiger partial charge is 0.491 e. The summed E-state index contributed by atoms with van der Waals surface area (Å²) in [4.78, 5) is 6.94. The van der Waals surface area contributed by atoms with Crippen LogP contribution in [0.5, 0.6) is 5.75 Å². The first-order chi connectivity index (χ1) is 13.0. The van der Waals surface area contributed by atoms with Crippen LogP contribution in [0.4, 0.5) is 11.4 Å². The third-order valence-corrected chi connectivity index (χ3v) is 4.97. The number of hydrogen-bond donors (Lipinski definition) is 2. The Morgan fingerprint density at radius 2 is 2.07 bits per heavy atom. The van der Waals surface area contributed by atoms with Gasteiger partial charge in [-0.3, -0.25) is 4.99 Å². The standard InChI is InChI=1S/C21H27BrN4O/c1-15(2)27-20-8-6-18(7-9-20)25-21(23)24-13-16-10-11-26(14-16)19-5-3-4-17(22)12-19/h3-9,12,15-16H,10-11,13-14H2,1-2H3,(H3,23,24,25). The molecule has 1 heterocycles. The Morgan fingerprint density at radius 3 is 2.78 bits per heavy atom. The Labute approximate surface area is 169 Å². The average molecular weight is 431 g/mol. The van der Waals surface area contributed by atoms with E-state index in [4.69, 9.17) is 10.5 Å². The molecule has 0 aromatic heterocycles. The number of halogens is 1. The Hall–Kier alpha value is -2.21. The molecular formula is C21H27BrN4O. The van der Waals surface area contributed by atoms with Crippen molar-refractivity contribution in [2.45, 2.75) is 26.4 Å². The average Bonchev–Trinajstić information content (AvgIpc) is 3.10. The van der Waals surface area contributed by atoms with Gasteiger partial charge in [0.15, 0.2) is 5.96 Å². The molecule has 2 aromatic rings. The molecule has 1 unspecified atom stereocenters. The molecule has 0 spiro atoms. The lowest BCUT2D eigenvalue weighted by molar-refractivity contribution is 0.242. The van der Waals surface area contributed by atoms with Crippen molar-refractivity contribution in [1.82, 2.24) is 0 Å². The van der Waals surface area contributed by atoms with Crippen LogP contribution in [0.15, 0.2) is 58.0 Å². The fourth-order valence-corrected chi connectivity index (χ4v) is 3.58. The second kappa shape index (κ2) is 9.13. The summed E-state index contributed by atoms with van der Waals surface area (Å²) in [5, 5.41) is 3.15. The van der Waals surface area contributed by atoms with Crippen molar-refractivity contribution in [3.05, 3.63) is 53.0 Å². The second-order valence-electron chi connectivity index (χ2n) is 7.12. The minimum atomic E-state index is 0.165. The lowest BCUT2D eigenvalue weighted by Crippen LogP contribution is -2.25. The first kappa shape index (κ1) is 19.5. The normalized spacial score (nSPS) is 17.4. The molecular weight excluding hydrogens is 404 g/mol. The van der Waals surface area contributed by atoms with Crippen LogP contribution in [0.3, 0.4) is 0 Å². The Bertz CT molecular complexity index is 776. The van der Waals surface area contributed by atoms with Gasteiger partial charge in [0.05, 0.1) is 6.10 Å². The van der Waals surface area contributed by atoms with Crippen molar-refractivity contribution in [3.63, 3.8) is 0 Å². The van der Waals surface area contributed by atoms with Gasteiger partial charge >= 0.3 is 0 Å². The number of nitrogens with zero attached hydrogens (tertiary/aromatic N) is 2. The van der Waals surface area contributed by atoms with Gasteiger partial charge in [0.2, 0.25) is 0 Å². The van der Waals surface area contributed by atoms with Crippen molar-refractivity contribution in [2.24, 2.45) is 16.6 Å². The van der Waals surface area contributed by atoms with Gasteiger partial charge in [-0.15, -0.1) is 0 Å². The summed E-state index contributed by atoms with van der Waals surface area (Å²) < 4.78 is 6.76. The maximum Gasteiger partial charge on any atom is 0.193 e. The van der Waals surface area contributed by atoms with E-state index in [9.17, 15) is 0 Å². The molecule has 1 aliphatic rings. The van der Waals surface area contributed by atoms with Gasteiger partial charge < -0.3 is 20.7 Å². The zero-order valence-electron chi connectivity index (χ0n) is 15.9. The minimum Gasteiger partial charge on any atom is -0.491 e. The summed E-state index contributed by atoms with van der Waals surface area (Å²) in [7, 11) is 0. The molecule has 3 N–H and O–H groups in total. The van der Waals surface area contributed by atoms with Gasteiger partial charge in [-0.05, 0) is 68.7 Å². The van der Waals surface area contributed by atoms with E-state index in [1.54, 1.807) is 0 Å². The molecule has 0 bridgehead atoms. The number of ether oxygens (including phenoxy) is 1. The molecule has 1 saturated heterocycles. The number of guanidine groups is 1. The molecule has 1 atom stereocenters. The second-order valence-corrected chi connectivity index (χ2v) is 8.04. The quantitative estimate of drug-likeness (QED) is 0.523. The van der Waals surface area contributed by atoms with Gasteiger partial charge in [0.25, 0.3) is 0 Å². The fourth-order valence-electron chi connectivity index (χ4n) is 3.19. The van der Waals surface area contributed by atoms with E-state index in [-0.39, 0.29) is 6.10 Å². The van der Waals surface area contributed by atoms with Crippen LogP contribution in [0.25, 0.3) is 0 Å². The maximum atomic E-state index is 6.06. The summed E-state index contributed by atoms with van der Waals surface area (Å²) in [5.41, 5.74) is 8.22. The van der Waals surface area contributed by atoms with Crippen molar-refractivity contribution in [1.29, 1.82) is 0 Å². The molecule has 0 amide bonds. The molecule has 6 heteroatoms. The SMILES string of the molecule is CC(C)Oc1ccc(NC(N)=NCC2CCN(c3cccc(Br)c3)C2)cc1. The van der Waals surface area contributed by atoms with Gasteiger partial charge in [-0.25, -0.2) is 0 Å². The number of benzene rings is 2. The molecule has 5 nitrogen and oxygen atoms in total. The highest BCUT2D eigenvalue weighted by molar-refractivity contribution is 9.10. The summed E-state index contributed by atoms with van der Waals surface area (Å²) >= 11 is 3.54. The zero-order valence-corrected chi connectivity index (χ0v) is 17.4. The fraction of sp³-hybridized carbons (Fsp3) is 0.381. The molecule has 1 aliphatic heterocycles. The van der Waals surface area contributed by atoms with E-state index < -0.39 is 0 Å². The monoisotopic (exact) mass is 430 g/mol. The predicted molar refractivity (Wildman–Crippen MR) is 117 cm³/mol. The molecule has 144 valence electrons. The highest BCUT2D eigenvalue weighted by Gasteiger charge is 2.22. The Balaban J connectivity index is 1.49. The smallest absolute Gasteiger partial charge is 0.193 e. The van der Waals surface area contributed by atoms with Crippen LogP contribution in [-0.2, 0) is 0 Å². The van der Waals surface area contributed by atoms with Crippen LogP contribution < -0.4 is 20.7 Å². The number of rotatable bonds is 6. The highest BCUT2D eigenvalue weighted by Crippen LogP contribution is 2.26. The molecule has 2 aromatic carbocycles. The van der Waals surface area contributed by atoms with Gasteiger partial charge in [-0.1, -0.05) is 22.0 Å². The molecule has 1 fully saturated rings. The van der Waals surface area contributed by atoms with Crippen molar-refractivity contribution in [2.75, 3.05) is 29.9 Å². The summed E-state index contributed by atoms with van der Waals surface area (Å²) in [6.45, 7) is 6.82. The van der Waals surface area contributed by atoms with E-state index in [1.807, 2.05) is 38.1 Å².